The summed E-state index contributed by atoms with van der Waals surface area (Å²) >= 11 is 0. The van der Waals surface area contributed by atoms with Gasteiger partial charge in [0, 0.05) is 32.0 Å². The first kappa shape index (κ1) is 10.4. The molecule has 15 heavy (non-hydrogen) atoms. The van der Waals surface area contributed by atoms with E-state index in [9.17, 15) is 0 Å². The number of nitrogens with zero attached hydrogens (tertiary/aromatic N) is 3. The van der Waals surface area contributed by atoms with Crippen LogP contribution in [0, 0.1) is 0 Å². The predicted octanol–water partition coefficient (Wildman–Crippen LogP) is 1.05. The van der Waals surface area contributed by atoms with Gasteiger partial charge in [-0.2, -0.15) is 0 Å². The number of rotatable bonds is 3. The molecule has 1 atom stereocenters. The lowest BCUT2D eigenvalue weighted by Crippen LogP contribution is -2.42. The molecule has 0 spiro atoms. The molecule has 0 radical (unpaired) electrons. The monoisotopic (exact) mass is 206 g/mol. The molecule has 1 aliphatic rings. The van der Waals surface area contributed by atoms with Crippen LogP contribution < -0.4 is 10.2 Å². The van der Waals surface area contributed by atoms with Crippen molar-refractivity contribution in [2.75, 3.05) is 25.0 Å². The number of hydrogen-bond donors (Lipinski definition) is 1. The highest BCUT2D eigenvalue weighted by Gasteiger charge is 2.15. The molecule has 0 amide bonds. The van der Waals surface area contributed by atoms with E-state index in [4.69, 9.17) is 0 Å². The zero-order valence-corrected chi connectivity index (χ0v) is 9.19. The lowest BCUT2D eigenvalue weighted by atomic mass is 10.0. The second-order valence-electron chi connectivity index (χ2n) is 4.08. The van der Waals surface area contributed by atoms with E-state index in [1.54, 1.807) is 12.4 Å². The van der Waals surface area contributed by atoms with Crippen LogP contribution in [0.3, 0.4) is 0 Å². The maximum absolute atomic E-state index is 4.23. The molecule has 0 aliphatic carbocycles. The van der Waals surface area contributed by atoms with Gasteiger partial charge in [0.15, 0.2) is 0 Å². The SMILES string of the molecule is CN(CC1CCCCN1)c1ncccn1. The zero-order chi connectivity index (χ0) is 10.5. The largest absolute Gasteiger partial charge is 0.342 e. The minimum absolute atomic E-state index is 0.590. The number of anilines is 1. The summed E-state index contributed by atoms with van der Waals surface area (Å²) in [7, 11) is 2.05. The highest BCUT2D eigenvalue weighted by Crippen LogP contribution is 2.10. The third kappa shape index (κ3) is 2.89. The van der Waals surface area contributed by atoms with Crippen LogP contribution in [0.15, 0.2) is 18.5 Å². The summed E-state index contributed by atoms with van der Waals surface area (Å²) < 4.78 is 0. The maximum atomic E-state index is 4.23. The Morgan fingerprint density at radius 2 is 2.20 bits per heavy atom. The van der Waals surface area contributed by atoms with Gasteiger partial charge in [0.05, 0.1) is 0 Å². The highest BCUT2D eigenvalue weighted by atomic mass is 15.2. The highest BCUT2D eigenvalue weighted by molar-refractivity contribution is 5.26. The number of hydrogen-bond acceptors (Lipinski definition) is 4. The number of likely N-dealkylation sites (N-methyl/N-ethyl adjacent to an activating group) is 1. The fraction of sp³-hybridized carbons (Fsp3) is 0.636. The van der Waals surface area contributed by atoms with Gasteiger partial charge in [-0.15, -0.1) is 0 Å². The van der Waals surface area contributed by atoms with E-state index in [1.165, 1.54) is 19.3 Å². The van der Waals surface area contributed by atoms with Crippen molar-refractivity contribution >= 4 is 5.95 Å². The maximum Gasteiger partial charge on any atom is 0.225 e. The average Bonchev–Trinajstić information content (AvgIpc) is 2.31. The number of nitrogens with one attached hydrogen (secondary N) is 1. The van der Waals surface area contributed by atoms with Crippen LogP contribution in [0.2, 0.25) is 0 Å². The Hall–Kier alpha value is -1.16. The van der Waals surface area contributed by atoms with Crippen molar-refractivity contribution in [3.8, 4) is 0 Å². The second-order valence-corrected chi connectivity index (χ2v) is 4.08. The van der Waals surface area contributed by atoms with Gasteiger partial charge in [0.2, 0.25) is 5.95 Å². The van der Waals surface area contributed by atoms with Gasteiger partial charge in [-0.3, -0.25) is 0 Å². The van der Waals surface area contributed by atoms with Gasteiger partial charge in [-0.1, -0.05) is 6.42 Å². The summed E-state index contributed by atoms with van der Waals surface area (Å²) in [6.45, 7) is 2.14. The van der Waals surface area contributed by atoms with Crippen molar-refractivity contribution in [2.45, 2.75) is 25.3 Å². The van der Waals surface area contributed by atoms with Gasteiger partial charge >= 0.3 is 0 Å². The summed E-state index contributed by atoms with van der Waals surface area (Å²) in [4.78, 5) is 10.6. The summed E-state index contributed by atoms with van der Waals surface area (Å²) in [5.41, 5.74) is 0. The smallest absolute Gasteiger partial charge is 0.225 e. The van der Waals surface area contributed by atoms with Crippen LogP contribution in [0.25, 0.3) is 0 Å². The van der Waals surface area contributed by atoms with Gasteiger partial charge < -0.3 is 10.2 Å². The molecule has 82 valence electrons. The molecule has 1 aromatic heterocycles. The molecule has 1 N–H and O–H groups in total. The van der Waals surface area contributed by atoms with Crippen LogP contribution in [-0.2, 0) is 0 Å². The first-order valence-electron chi connectivity index (χ1n) is 5.58. The Morgan fingerprint density at radius 1 is 1.40 bits per heavy atom. The van der Waals surface area contributed by atoms with Crippen molar-refractivity contribution < 1.29 is 0 Å². The molecule has 1 saturated heterocycles. The third-order valence-electron chi connectivity index (χ3n) is 2.80. The molecular weight excluding hydrogens is 188 g/mol. The minimum atomic E-state index is 0.590. The number of piperidine rings is 1. The van der Waals surface area contributed by atoms with Crippen molar-refractivity contribution in [3.05, 3.63) is 18.5 Å². The normalized spacial score (nSPS) is 21.3. The lowest BCUT2D eigenvalue weighted by molar-refractivity contribution is 0.402. The molecule has 1 aromatic rings. The molecule has 0 aromatic carbocycles. The first-order valence-corrected chi connectivity index (χ1v) is 5.58. The quantitative estimate of drug-likeness (QED) is 0.802. The molecule has 2 rings (SSSR count). The van der Waals surface area contributed by atoms with E-state index in [0.717, 1.165) is 19.0 Å². The van der Waals surface area contributed by atoms with E-state index in [1.807, 2.05) is 13.1 Å². The van der Waals surface area contributed by atoms with Gasteiger partial charge in [0.25, 0.3) is 0 Å². The Morgan fingerprint density at radius 3 is 2.87 bits per heavy atom. The molecule has 4 nitrogen and oxygen atoms in total. The summed E-state index contributed by atoms with van der Waals surface area (Å²) in [5.74, 6) is 0.810. The van der Waals surface area contributed by atoms with Crippen molar-refractivity contribution in [2.24, 2.45) is 0 Å². The Kier molecular flexibility index (Phi) is 3.50. The average molecular weight is 206 g/mol. The fourth-order valence-corrected chi connectivity index (χ4v) is 1.98. The molecule has 2 heterocycles. The summed E-state index contributed by atoms with van der Waals surface area (Å²) in [6, 6.07) is 2.43. The molecule has 1 fully saturated rings. The van der Waals surface area contributed by atoms with Crippen molar-refractivity contribution in [3.63, 3.8) is 0 Å². The van der Waals surface area contributed by atoms with E-state index in [2.05, 4.69) is 20.2 Å². The van der Waals surface area contributed by atoms with E-state index >= 15 is 0 Å². The van der Waals surface area contributed by atoms with Gasteiger partial charge in [0.1, 0.15) is 0 Å². The van der Waals surface area contributed by atoms with Crippen LogP contribution in [0.5, 0.6) is 0 Å². The van der Waals surface area contributed by atoms with Gasteiger partial charge in [-0.25, -0.2) is 9.97 Å². The standard InChI is InChI=1S/C11H18N4/c1-15(11-13-7-4-8-14-11)9-10-5-2-3-6-12-10/h4,7-8,10,12H,2-3,5-6,9H2,1H3. The lowest BCUT2D eigenvalue weighted by Gasteiger charge is -2.28. The number of aromatic nitrogens is 2. The minimum Gasteiger partial charge on any atom is -0.342 e. The first-order chi connectivity index (χ1) is 7.36. The molecular formula is C11H18N4. The fourth-order valence-electron chi connectivity index (χ4n) is 1.98. The van der Waals surface area contributed by atoms with Crippen LogP contribution in [0.4, 0.5) is 5.95 Å². The van der Waals surface area contributed by atoms with Gasteiger partial charge in [-0.05, 0) is 25.5 Å². The van der Waals surface area contributed by atoms with Crippen LogP contribution in [-0.4, -0.2) is 36.1 Å². The molecule has 4 heteroatoms. The van der Waals surface area contributed by atoms with Crippen molar-refractivity contribution in [1.29, 1.82) is 0 Å². The molecule has 1 aliphatic heterocycles. The summed E-state index contributed by atoms with van der Waals surface area (Å²) in [6.07, 6.45) is 7.47. The topological polar surface area (TPSA) is 41.0 Å². The molecule has 0 saturated carbocycles. The zero-order valence-electron chi connectivity index (χ0n) is 9.19. The van der Waals surface area contributed by atoms with Crippen LogP contribution in [0.1, 0.15) is 19.3 Å². The predicted molar refractivity (Wildman–Crippen MR) is 60.9 cm³/mol. The Balaban J connectivity index is 1.88. The van der Waals surface area contributed by atoms with E-state index in [-0.39, 0.29) is 0 Å². The van der Waals surface area contributed by atoms with Crippen molar-refractivity contribution in [1.82, 2.24) is 15.3 Å². The third-order valence-corrected chi connectivity index (χ3v) is 2.80. The summed E-state index contributed by atoms with van der Waals surface area (Å²) in [5, 5.41) is 3.52. The van der Waals surface area contributed by atoms with E-state index < -0.39 is 0 Å². The molecule has 0 bridgehead atoms. The Labute approximate surface area is 90.7 Å². The molecule has 1 unspecified atom stereocenters. The van der Waals surface area contributed by atoms with E-state index in [0.29, 0.717) is 6.04 Å². The Bertz CT molecular complexity index is 282. The van der Waals surface area contributed by atoms with Crippen LogP contribution >= 0.6 is 0 Å². The second kappa shape index (κ2) is 5.07.